The van der Waals surface area contributed by atoms with E-state index in [9.17, 15) is 9.18 Å². The quantitative estimate of drug-likeness (QED) is 0.589. The van der Waals surface area contributed by atoms with Crippen molar-refractivity contribution in [3.8, 4) is 11.5 Å². The number of esters is 1. The molecule has 0 amide bonds. The third-order valence-corrected chi connectivity index (χ3v) is 3.70. The summed E-state index contributed by atoms with van der Waals surface area (Å²) in [4.78, 5) is 12.2. The monoisotopic (exact) mass is 380 g/mol. The normalized spacial score (nSPS) is 12.0. The van der Waals surface area contributed by atoms with E-state index in [2.05, 4.69) is 10.2 Å². The van der Waals surface area contributed by atoms with Gasteiger partial charge in [0.05, 0.1) is 5.56 Å². The Balaban J connectivity index is 1.74. The zero-order valence-electron chi connectivity index (χ0n) is 12.9. The van der Waals surface area contributed by atoms with Crippen LogP contribution in [0.4, 0.5) is 4.39 Å². The van der Waals surface area contributed by atoms with Crippen LogP contribution in [0.1, 0.15) is 29.3 Å². The Morgan fingerprint density at radius 1 is 1.12 bits per heavy atom. The van der Waals surface area contributed by atoms with Crippen LogP contribution in [-0.2, 0) is 4.74 Å². The molecule has 0 unspecified atom stereocenters. The highest BCUT2D eigenvalue weighted by atomic mass is 35.5. The maximum atomic E-state index is 13.0. The second kappa shape index (κ2) is 7.21. The van der Waals surface area contributed by atoms with Gasteiger partial charge in [0.2, 0.25) is 5.89 Å². The van der Waals surface area contributed by atoms with Crippen LogP contribution in [-0.4, -0.2) is 16.2 Å². The van der Waals surface area contributed by atoms with Gasteiger partial charge in [-0.05, 0) is 49.4 Å². The first-order valence-corrected chi connectivity index (χ1v) is 7.94. The summed E-state index contributed by atoms with van der Waals surface area (Å²) in [5.41, 5.74) is 0.767. The summed E-state index contributed by atoms with van der Waals surface area (Å²) < 4.78 is 23.7. The van der Waals surface area contributed by atoms with Crippen molar-refractivity contribution in [3.63, 3.8) is 0 Å². The molecule has 0 aliphatic heterocycles. The van der Waals surface area contributed by atoms with E-state index >= 15 is 0 Å². The lowest BCUT2D eigenvalue weighted by molar-refractivity contribution is 0.0280. The summed E-state index contributed by atoms with van der Waals surface area (Å²) >= 11 is 11.7. The number of carbonyl (C=O) groups is 1. The number of aromatic nitrogens is 2. The molecule has 0 bridgehead atoms. The number of carbonyl (C=O) groups excluding carboxylic acids is 1. The number of hydrogen-bond acceptors (Lipinski definition) is 5. The van der Waals surface area contributed by atoms with Crippen molar-refractivity contribution in [2.45, 2.75) is 13.0 Å². The minimum absolute atomic E-state index is 0.112. The highest BCUT2D eigenvalue weighted by Gasteiger charge is 2.20. The minimum Gasteiger partial charge on any atom is -0.449 e. The summed E-state index contributed by atoms with van der Waals surface area (Å²) in [5, 5.41) is 8.38. The van der Waals surface area contributed by atoms with Gasteiger partial charge in [-0.3, -0.25) is 0 Å². The van der Waals surface area contributed by atoms with Crippen LogP contribution in [0.15, 0.2) is 46.9 Å². The van der Waals surface area contributed by atoms with Crippen molar-refractivity contribution in [3.05, 3.63) is 69.8 Å². The Kier molecular flexibility index (Phi) is 5.01. The van der Waals surface area contributed by atoms with Gasteiger partial charge in [0.1, 0.15) is 5.82 Å². The first-order chi connectivity index (χ1) is 11.9. The summed E-state index contributed by atoms with van der Waals surface area (Å²) in [6.07, 6.45) is -0.785. The van der Waals surface area contributed by atoms with Gasteiger partial charge < -0.3 is 9.15 Å². The Bertz CT molecular complexity index is 892. The minimum atomic E-state index is -0.785. The zero-order chi connectivity index (χ0) is 18.0. The van der Waals surface area contributed by atoms with Crippen LogP contribution in [0.3, 0.4) is 0 Å². The molecule has 0 aliphatic carbocycles. The van der Waals surface area contributed by atoms with E-state index in [-0.39, 0.29) is 23.2 Å². The van der Waals surface area contributed by atoms with Crippen LogP contribution < -0.4 is 0 Å². The molecular formula is C17H11Cl2FN2O3. The van der Waals surface area contributed by atoms with Crippen molar-refractivity contribution in [2.75, 3.05) is 0 Å². The first kappa shape index (κ1) is 17.4. The van der Waals surface area contributed by atoms with Gasteiger partial charge in [0.25, 0.3) is 5.89 Å². The molecule has 0 saturated carbocycles. The van der Waals surface area contributed by atoms with Crippen LogP contribution in [0.25, 0.3) is 11.5 Å². The van der Waals surface area contributed by atoms with Gasteiger partial charge in [-0.1, -0.05) is 23.2 Å². The molecule has 0 fully saturated rings. The standard InChI is InChI=1S/C17H11Cl2FN2O3/c1-9(24-17(23)11-6-12(18)8-13(19)7-11)15-21-22-16(25-15)10-2-4-14(20)5-3-10/h2-9H,1H3/t9-/m1/s1. The summed E-state index contributed by atoms with van der Waals surface area (Å²) in [7, 11) is 0. The second-order valence-corrected chi connectivity index (χ2v) is 6.03. The molecule has 3 rings (SSSR count). The summed E-state index contributed by atoms with van der Waals surface area (Å²) in [6, 6.07) is 9.99. The number of ether oxygens (including phenoxy) is 1. The highest BCUT2D eigenvalue weighted by molar-refractivity contribution is 6.35. The van der Waals surface area contributed by atoms with E-state index in [1.54, 1.807) is 6.92 Å². The molecule has 2 aromatic carbocycles. The largest absolute Gasteiger partial charge is 0.449 e. The molecule has 5 nitrogen and oxygen atoms in total. The molecular weight excluding hydrogens is 370 g/mol. The molecule has 0 N–H and O–H groups in total. The van der Waals surface area contributed by atoms with Gasteiger partial charge >= 0.3 is 5.97 Å². The van der Waals surface area contributed by atoms with Gasteiger partial charge in [-0.25, -0.2) is 9.18 Å². The predicted octanol–water partition coefficient (Wildman–Crippen LogP) is 5.10. The SMILES string of the molecule is C[C@@H](OC(=O)c1cc(Cl)cc(Cl)c1)c1nnc(-c2ccc(F)cc2)o1. The summed E-state index contributed by atoms with van der Waals surface area (Å²) in [6.45, 7) is 1.59. The second-order valence-electron chi connectivity index (χ2n) is 5.16. The molecule has 1 aromatic heterocycles. The average molecular weight is 381 g/mol. The van der Waals surface area contributed by atoms with Crippen LogP contribution in [0.5, 0.6) is 0 Å². The zero-order valence-corrected chi connectivity index (χ0v) is 14.4. The molecule has 3 aromatic rings. The van der Waals surface area contributed by atoms with Gasteiger partial charge in [-0.2, -0.15) is 0 Å². The van der Waals surface area contributed by atoms with Crippen molar-refractivity contribution in [2.24, 2.45) is 0 Å². The van der Waals surface area contributed by atoms with Crippen LogP contribution >= 0.6 is 23.2 Å². The van der Waals surface area contributed by atoms with E-state index in [0.717, 1.165) is 0 Å². The lowest BCUT2D eigenvalue weighted by Gasteiger charge is -2.09. The Labute approximate surface area is 152 Å². The number of hydrogen-bond donors (Lipinski definition) is 0. The maximum Gasteiger partial charge on any atom is 0.339 e. The number of nitrogens with zero attached hydrogens (tertiary/aromatic N) is 2. The lowest BCUT2D eigenvalue weighted by atomic mass is 10.2. The molecule has 0 spiro atoms. The molecule has 0 radical (unpaired) electrons. The smallest absolute Gasteiger partial charge is 0.339 e. The average Bonchev–Trinajstić information content (AvgIpc) is 3.04. The fraction of sp³-hybridized carbons (Fsp3) is 0.118. The number of rotatable bonds is 4. The molecule has 8 heteroatoms. The fourth-order valence-electron chi connectivity index (χ4n) is 2.06. The number of benzene rings is 2. The Morgan fingerprint density at radius 3 is 2.40 bits per heavy atom. The maximum absolute atomic E-state index is 13.0. The topological polar surface area (TPSA) is 65.2 Å². The lowest BCUT2D eigenvalue weighted by Crippen LogP contribution is -2.09. The molecule has 1 heterocycles. The van der Waals surface area contributed by atoms with Crippen LogP contribution in [0, 0.1) is 5.82 Å². The molecule has 1 atom stereocenters. The third-order valence-electron chi connectivity index (χ3n) is 3.26. The van der Waals surface area contributed by atoms with Crippen LogP contribution in [0.2, 0.25) is 10.0 Å². The Morgan fingerprint density at radius 2 is 1.76 bits per heavy atom. The Hall–Kier alpha value is -2.44. The van der Waals surface area contributed by atoms with Crippen molar-refractivity contribution in [1.82, 2.24) is 10.2 Å². The summed E-state index contributed by atoms with van der Waals surface area (Å²) in [5.74, 6) is -0.686. The highest BCUT2D eigenvalue weighted by Crippen LogP contribution is 2.25. The molecule has 128 valence electrons. The van der Waals surface area contributed by atoms with Gasteiger partial charge in [0.15, 0.2) is 6.10 Å². The van der Waals surface area contributed by atoms with Crippen molar-refractivity contribution in [1.29, 1.82) is 0 Å². The molecule has 0 aliphatic rings. The van der Waals surface area contributed by atoms with Crippen molar-refractivity contribution < 1.29 is 18.3 Å². The van der Waals surface area contributed by atoms with E-state index < -0.39 is 12.1 Å². The van der Waals surface area contributed by atoms with E-state index in [0.29, 0.717) is 15.6 Å². The molecule has 0 saturated heterocycles. The van der Waals surface area contributed by atoms with E-state index in [4.69, 9.17) is 32.4 Å². The van der Waals surface area contributed by atoms with E-state index in [1.165, 1.54) is 42.5 Å². The van der Waals surface area contributed by atoms with E-state index in [1.807, 2.05) is 0 Å². The molecule has 25 heavy (non-hydrogen) atoms. The fourth-order valence-corrected chi connectivity index (χ4v) is 2.58. The predicted molar refractivity (Wildman–Crippen MR) is 90.0 cm³/mol. The van der Waals surface area contributed by atoms with Gasteiger partial charge in [-0.15, -0.1) is 10.2 Å². The first-order valence-electron chi connectivity index (χ1n) is 7.19. The van der Waals surface area contributed by atoms with Crippen molar-refractivity contribution >= 4 is 29.2 Å². The third kappa shape index (κ3) is 4.15. The number of halogens is 3. The van der Waals surface area contributed by atoms with Gasteiger partial charge in [0, 0.05) is 15.6 Å².